The Hall–Kier alpha value is -3.29. The summed E-state index contributed by atoms with van der Waals surface area (Å²) in [6.45, 7) is 9.80. The van der Waals surface area contributed by atoms with Crippen LogP contribution in [-0.4, -0.2) is 47.5 Å². The van der Waals surface area contributed by atoms with Crippen LogP contribution in [0.3, 0.4) is 0 Å². The first kappa shape index (κ1) is 24.0. The lowest BCUT2D eigenvalue weighted by Gasteiger charge is -2.20. The largest absolute Gasteiger partial charge is 0.493 e. The molecular formula is C24H28O7. The van der Waals surface area contributed by atoms with Crippen LogP contribution in [0.25, 0.3) is 22.8 Å². The lowest BCUT2D eigenvalue weighted by atomic mass is 9.94. The van der Waals surface area contributed by atoms with E-state index in [0.29, 0.717) is 28.4 Å². The van der Waals surface area contributed by atoms with Crippen molar-refractivity contribution in [1.82, 2.24) is 0 Å². The van der Waals surface area contributed by atoms with Crippen molar-refractivity contribution in [2.75, 3.05) is 41.5 Å². The van der Waals surface area contributed by atoms with Crippen LogP contribution in [0, 0.1) is 0 Å². The van der Waals surface area contributed by atoms with Crippen molar-refractivity contribution >= 4 is 17.6 Å². The van der Waals surface area contributed by atoms with E-state index in [1.807, 2.05) is 18.2 Å². The minimum absolute atomic E-state index is 0.0732. The van der Waals surface area contributed by atoms with E-state index in [1.54, 1.807) is 32.2 Å². The third-order valence-electron chi connectivity index (χ3n) is 4.39. The molecule has 0 heterocycles. The van der Waals surface area contributed by atoms with Crippen LogP contribution in [-0.2, 0) is 19.0 Å². The third-order valence-corrected chi connectivity index (χ3v) is 4.39. The molecule has 0 aliphatic rings. The van der Waals surface area contributed by atoms with Gasteiger partial charge in [-0.3, -0.25) is 0 Å². The average Bonchev–Trinajstić information content (AvgIpc) is 2.80. The summed E-state index contributed by atoms with van der Waals surface area (Å²) in [6.07, 6.45) is 1.69. The normalized spacial score (nSPS) is 10.3. The molecule has 0 saturated heterocycles. The topological polar surface area (TPSA) is 72.5 Å². The van der Waals surface area contributed by atoms with E-state index in [1.165, 1.54) is 14.2 Å². The molecule has 2 aromatic carbocycles. The van der Waals surface area contributed by atoms with Gasteiger partial charge in [-0.15, -0.1) is 0 Å². The van der Waals surface area contributed by atoms with Gasteiger partial charge in [-0.25, -0.2) is 4.79 Å². The van der Waals surface area contributed by atoms with E-state index in [0.717, 1.165) is 11.1 Å². The number of carbonyl (C=O) groups excluding carboxylic acids is 1. The molecule has 0 bridgehead atoms. The summed E-state index contributed by atoms with van der Waals surface area (Å²) in [5.41, 5.74) is 3.10. The van der Waals surface area contributed by atoms with Gasteiger partial charge in [-0.1, -0.05) is 37.4 Å². The fourth-order valence-electron chi connectivity index (χ4n) is 2.99. The number of rotatable bonds is 12. The quantitative estimate of drug-likeness (QED) is 0.213. The Morgan fingerprint density at radius 3 is 2.45 bits per heavy atom. The number of benzene rings is 2. The predicted molar refractivity (Wildman–Crippen MR) is 119 cm³/mol. The smallest absolute Gasteiger partial charge is 0.338 e. The van der Waals surface area contributed by atoms with Gasteiger partial charge in [0.25, 0.3) is 0 Å². The van der Waals surface area contributed by atoms with Gasteiger partial charge < -0.3 is 28.4 Å². The maximum absolute atomic E-state index is 12.1. The zero-order chi connectivity index (χ0) is 22.8. The van der Waals surface area contributed by atoms with Gasteiger partial charge in [-0.2, -0.15) is 0 Å². The maximum atomic E-state index is 12.1. The lowest BCUT2D eigenvalue weighted by Crippen LogP contribution is -2.08. The van der Waals surface area contributed by atoms with Gasteiger partial charge in [-0.05, 0) is 35.7 Å². The van der Waals surface area contributed by atoms with Gasteiger partial charge in [0, 0.05) is 12.7 Å². The molecule has 0 amide bonds. The van der Waals surface area contributed by atoms with Crippen LogP contribution >= 0.6 is 0 Å². The monoisotopic (exact) mass is 428 g/mol. The van der Waals surface area contributed by atoms with Crippen molar-refractivity contribution in [2.45, 2.75) is 6.92 Å². The summed E-state index contributed by atoms with van der Waals surface area (Å²) in [5, 5.41) is 0. The number of hydrogen-bond donors (Lipinski definition) is 0. The Bertz CT molecular complexity index is 934. The summed E-state index contributed by atoms with van der Waals surface area (Å²) in [4.78, 5) is 12.1. The standard InChI is InChI=1S/C24H28O7/c1-7-17-13-20(27-5)22(28-6)23(31-15-29-14-26-4)21(17)19-11-9-10-18(12-19)16(3)24(25)30-8-2/h7,9-13H,1,3,8,14-15H2,2,4-6H3. The zero-order valence-electron chi connectivity index (χ0n) is 18.4. The highest BCUT2D eigenvalue weighted by atomic mass is 16.7. The first-order chi connectivity index (χ1) is 15.0. The van der Waals surface area contributed by atoms with Crippen LogP contribution in [0.5, 0.6) is 17.2 Å². The van der Waals surface area contributed by atoms with E-state index in [2.05, 4.69) is 13.2 Å². The molecule has 0 fully saturated rings. The molecule has 2 rings (SSSR count). The Balaban J connectivity index is 2.63. The summed E-state index contributed by atoms with van der Waals surface area (Å²) in [7, 11) is 4.59. The second kappa shape index (κ2) is 11.8. The van der Waals surface area contributed by atoms with Gasteiger partial charge in [0.2, 0.25) is 5.75 Å². The molecule has 166 valence electrons. The highest BCUT2D eigenvalue weighted by molar-refractivity contribution is 6.15. The lowest BCUT2D eigenvalue weighted by molar-refractivity contribution is -0.136. The first-order valence-corrected chi connectivity index (χ1v) is 9.60. The molecule has 2 aromatic rings. The summed E-state index contributed by atoms with van der Waals surface area (Å²) < 4.78 is 32.2. The molecule has 0 unspecified atom stereocenters. The van der Waals surface area contributed by atoms with Crippen LogP contribution in [0.4, 0.5) is 0 Å². The summed E-state index contributed by atoms with van der Waals surface area (Å²) in [5.74, 6) is 0.820. The molecule has 0 radical (unpaired) electrons. The highest BCUT2D eigenvalue weighted by Gasteiger charge is 2.22. The van der Waals surface area contributed by atoms with Gasteiger partial charge in [0.1, 0.15) is 6.79 Å². The molecule has 7 nitrogen and oxygen atoms in total. The molecule has 0 N–H and O–H groups in total. The molecule has 0 atom stereocenters. The van der Waals surface area contributed by atoms with E-state index in [-0.39, 0.29) is 25.8 Å². The number of methoxy groups -OCH3 is 3. The Labute approximate surface area is 182 Å². The van der Waals surface area contributed by atoms with Crippen molar-refractivity contribution in [3.8, 4) is 28.4 Å². The zero-order valence-corrected chi connectivity index (χ0v) is 18.4. The maximum Gasteiger partial charge on any atom is 0.338 e. The third kappa shape index (κ3) is 5.65. The van der Waals surface area contributed by atoms with Crippen molar-refractivity contribution in [3.63, 3.8) is 0 Å². The van der Waals surface area contributed by atoms with Crippen LogP contribution in [0.1, 0.15) is 18.1 Å². The molecule has 7 heteroatoms. The Kier molecular flexibility index (Phi) is 9.12. The Morgan fingerprint density at radius 2 is 1.84 bits per heavy atom. The minimum Gasteiger partial charge on any atom is -0.493 e. The van der Waals surface area contributed by atoms with Crippen LogP contribution in [0.2, 0.25) is 0 Å². The van der Waals surface area contributed by atoms with E-state index in [9.17, 15) is 4.79 Å². The number of hydrogen-bond acceptors (Lipinski definition) is 7. The van der Waals surface area contributed by atoms with Crippen molar-refractivity contribution in [1.29, 1.82) is 0 Å². The fourth-order valence-corrected chi connectivity index (χ4v) is 2.99. The number of ether oxygens (including phenoxy) is 6. The molecular weight excluding hydrogens is 400 g/mol. The second-order valence-electron chi connectivity index (χ2n) is 6.26. The number of carbonyl (C=O) groups is 1. The van der Waals surface area contributed by atoms with Gasteiger partial charge in [0.05, 0.1) is 26.4 Å². The van der Waals surface area contributed by atoms with Crippen molar-refractivity contribution in [2.24, 2.45) is 0 Å². The average molecular weight is 428 g/mol. The summed E-state index contributed by atoms with van der Waals surface area (Å²) in [6, 6.07) is 9.13. The molecule has 0 aliphatic carbocycles. The first-order valence-electron chi connectivity index (χ1n) is 9.60. The second-order valence-corrected chi connectivity index (χ2v) is 6.26. The fraction of sp³-hybridized carbons (Fsp3) is 0.292. The highest BCUT2D eigenvalue weighted by Crippen LogP contribution is 2.47. The van der Waals surface area contributed by atoms with Crippen LogP contribution in [0.15, 0.2) is 43.5 Å². The van der Waals surface area contributed by atoms with Crippen molar-refractivity contribution < 1.29 is 33.2 Å². The SMILES string of the molecule is C=Cc1cc(OC)c(OC)c(OCOCOC)c1-c1cccc(C(=C)C(=O)OCC)c1. The molecule has 0 aromatic heterocycles. The van der Waals surface area contributed by atoms with E-state index < -0.39 is 5.97 Å². The van der Waals surface area contributed by atoms with Gasteiger partial charge in [0.15, 0.2) is 18.3 Å². The van der Waals surface area contributed by atoms with Gasteiger partial charge >= 0.3 is 5.97 Å². The van der Waals surface area contributed by atoms with E-state index >= 15 is 0 Å². The van der Waals surface area contributed by atoms with E-state index in [4.69, 9.17) is 28.4 Å². The summed E-state index contributed by atoms with van der Waals surface area (Å²) >= 11 is 0. The molecule has 0 saturated carbocycles. The molecule has 0 spiro atoms. The minimum atomic E-state index is -0.472. The predicted octanol–water partition coefficient (Wildman–Crippen LogP) is 4.55. The van der Waals surface area contributed by atoms with Crippen molar-refractivity contribution in [3.05, 3.63) is 54.6 Å². The Morgan fingerprint density at radius 1 is 1.06 bits per heavy atom. The number of esters is 1. The van der Waals surface area contributed by atoms with Crippen LogP contribution < -0.4 is 14.2 Å². The molecule has 31 heavy (non-hydrogen) atoms. The molecule has 0 aliphatic heterocycles.